The van der Waals surface area contributed by atoms with Gasteiger partial charge in [-0.25, -0.2) is 0 Å². The Labute approximate surface area is 124 Å². The zero-order chi connectivity index (χ0) is 15.5. The lowest BCUT2D eigenvalue weighted by Gasteiger charge is -2.30. The lowest BCUT2D eigenvalue weighted by Crippen LogP contribution is -2.52. The fourth-order valence-corrected chi connectivity index (χ4v) is 2.47. The van der Waals surface area contributed by atoms with Gasteiger partial charge in [0.05, 0.1) is 12.7 Å². The van der Waals surface area contributed by atoms with E-state index in [1.54, 1.807) is 19.1 Å². The molecule has 1 aliphatic rings. The first-order valence-corrected chi connectivity index (χ1v) is 7.31. The molecule has 0 amide bonds. The van der Waals surface area contributed by atoms with Gasteiger partial charge in [-0.2, -0.15) is 0 Å². The van der Waals surface area contributed by atoms with Crippen molar-refractivity contribution in [2.45, 2.75) is 57.4 Å². The van der Waals surface area contributed by atoms with E-state index in [2.05, 4.69) is 5.32 Å². The number of aliphatic hydroxyl groups is 1. The molecule has 2 unspecified atom stereocenters. The van der Waals surface area contributed by atoms with Crippen LogP contribution in [0.15, 0.2) is 24.3 Å². The molecule has 116 valence electrons. The zero-order valence-electron chi connectivity index (χ0n) is 12.5. The van der Waals surface area contributed by atoms with Crippen LogP contribution in [0.5, 0.6) is 5.75 Å². The highest BCUT2D eigenvalue weighted by Gasteiger charge is 2.40. The van der Waals surface area contributed by atoms with Crippen LogP contribution >= 0.6 is 0 Å². The van der Waals surface area contributed by atoms with Crippen LogP contribution < -0.4 is 10.1 Å². The molecule has 2 atom stereocenters. The molecule has 21 heavy (non-hydrogen) atoms. The number of carboxylic acids is 1. The van der Waals surface area contributed by atoms with Crippen molar-refractivity contribution >= 4 is 5.97 Å². The van der Waals surface area contributed by atoms with E-state index in [4.69, 9.17) is 4.74 Å². The summed E-state index contributed by atoms with van der Waals surface area (Å²) < 4.78 is 5.82. The molecule has 0 radical (unpaired) electrons. The Morgan fingerprint density at radius 1 is 1.48 bits per heavy atom. The molecule has 1 aromatic rings. The Hall–Kier alpha value is -1.59. The Balaban J connectivity index is 2.01. The Kier molecular flexibility index (Phi) is 4.85. The summed E-state index contributed by atoms with van der Waals surface area (Å²) in [4.78, 5) is 11.5. The van der Waals surface area contributed by atoms with Gasteiger partial charge < -0.3 is 14.9 Å². The van der Waals surface area contributed by atoms with Gasteiger partial charge in [0.1, 0.15) is 11.3 Å². The van der Waals surface area contributed by atoms with Crippen molar-refractivity contribution in [2.75, 3.05) is 0 Å². The molecule has 0 heterocycles. The molecule has 1 fully saturated rings. The van der Waals surface area contributed by atoms with Gasteiger partial charge in [0.25, 0.3) is 0 Å². The highest BCUT2D eigenvalue weighted by molar-refractivity contribution is 5.78. The maximum Gasteiger partial charge on any atom is 0.323 e. The second kappa shape index (κ2) is 6.45. The molecular formula is C16H23NO4. The van der Waals surface area contributed by atoms with E-state index >= 15 is 0 Å². The van der Waals surface area contributed by atoms with E-state index in [9.17, 15) is 15.0 Å². The molecule has 1 aliphatic carbocycles. The molecule has 5 heteroatoms. The summed E-state index contributed by atoms with van der Waals surface area (Å²) in [6, 6.07) is 7.55. The van der Waals surface area contributed by atoms with Gasteiger partial charge in [0, 0.05) is 18.0 Å². The second-order valence-electron chi connectivity index (χ2n) is 5.95. The van der Waals surface area contributed by atoms with Crippen LogP contribution in [-0.2, 0) is 11.4 Å². The van der Waals surface area contributed by atoms with Crippen LogP contribution in [-0.4, -0.2) is 33.9 Å². The summed E-state index contributed by atoms with van der Waals surface area (Å²) in [7, 11) is 0. The highest BCUT2D eigenvalue weighted by atomic mass is 16.5. The lowest BCUT2D eigenvalue weighted by atomic mass is 9.94. The number of benzene rings is 1. The predicted molar refractivity (Wildman–Crippen MR) is 79.3 cm³/mol. The number of para-hydroxylation sites is 1. The fraction of sp³-hybridized carbons (Fsp3) is 0.562. The maximum atomic E-state index is 11.5. The van der Waals surface area contributed by atoms with Gasteiger partial charge in [-0.05, 0) is 32.8 Å². The van der Waals surface area contributed by atoms with Gasteiger partial charge in [-0.3, -0.25) is 10.1 Å². The third-order valence-electron chi connectivity index (χ3n) is 3.74. The molecule has 5 nitrogen and oxygen atoms in total. The van der Waals surface area contributed by atoms with Gasteiger partial charge in [-0.15, -0.1) is 0 Å². The Morgan fingerprint density at radius 3 is 2.71 bits per heavy atom. The van der Waals surface area contributed by atoms with E-state index in [-0.39, 0.29) is 12.7 Å². The summed E-state index contributed by atoms with van der Waals surface area (Å²) in [5, 5.41) is 21.9. The summed E-state index contributed by atoms with van der Waals surface area (Å²) in [6.45, 7) is 3.45. The number of ether oxygens (including phenoxy) is 1. The minimum atomic E-state index is -0.991. The second-order valence-corrected chi connectivity index (χ2v) is 5.95. The minimum absolute atomic E-state index is 0.0978. The number of hydrogen-bond donors (Lipinski definition) is 3. The van der Waals surface area contributed by atoms with Crippen molar-refractivity contribution in [3.63, 3.8) is 0 Å². The van der Waals surface area contributed by atoms with Crippen LogP contribution in [0.3, 0.4) is 0 Å². The zero-order valence-corrected chi connectivity index (χ0v) is 12.5. The van der Waals surface area contributed by atoms with Gasteiger partial charge >= 0.3 is 5.97 Å². The van der Waals surface area contributed by atoms with Crippen molar-refractivity contribution in [3.8, 4) is 5.75 Å². The monoisotopic (exact) mass is 293 g/mol. The largest absolute Gasteiger partial charge is 0.490 e. The lowest BCUT2D eigenvalue weighted by molar-refractivity contribution is -0.145. The minimum Gasteiger partial charge on any atom is -0.490 e. The third kappa shape index (κ3) is 4.19. The first-order valence-electron chi connectivity index (χ1n) is 7.31. The van der Waals surface area contributed by atoms with E-state index < -0.39 is 11.5 Å². The van der Waals surface area contributed by atoms with E-state index in [0.717, 1.165) is 12.8 Å². The van der Waals surface area contributed by atoms with Crippen molar-refractivity contribution in [2.24, 2.45) is 0 Å². The van der Waals surface area contributed by atoms with Crippen molar-refractivity contribution < 1.29 is 19.7 Å². The number of carboxylic acid groups (broad SMARTS) is 1. The number of rotatable bonds is 8. The summed E-state index contributed by atoms with van der Waals surface area (Å²) in [6.07, 6.45) is 2.15. The maximum absolute atomic E-state index is 11.5. The summed E-state index contributed by atoms with van der Waals surface area (Å²) >= 11 is 0. The van der Waals surface area contributed by atoms with E-state index in [1.165, 1.54) is 0 Å². The highest BCUT2D eigenvalue weighted by Crippen LogP contribution is 2.27. The van der Waals surface area contributed by atoms with Crippen molar-refractivity contribution in [3.05, 3.63) is 29.8 Å². The topological polar surface area (TPSA) is 78.8 Å². The molecular weight excluding hydrogens is 270 g/mol. The standard InChI is InChI=1S/C16H23NO4/c1-11(21-14-6-4-3-5-12(14)10-18)9-16(2,15(19)20)17-13-7-8-13/h3-6,11,13,17-18H,7-10H2,1-2H3,(H,19,20). The molecule has 2 rings (SSSR count). The molecule has 1 saturated carbocycles. The SMILES string of the molecule is CC(CC(C)(NC1CC1)C(=O)O)Oc1ccccc1CO. The smallest absolute Gasteiger partial charge is 0.323 e. The van der Waals surface area contributed by atoms with Gasteiger partial charge in [0.2, 0.25) is 0 Å². The number of aliphatic carboxylic acids is 1. The summed E-state index contributed by atoms with van der Waals surface area (Å²) in [5.41, 5.74) is -0.286. The molecule has 0 saturated heterocycles. The molecule has 0 aromatic heterocycles. The van der Waals surface area contributed by atoms with Crippen LogP contribution in [0.1, 0.15) is 38.7 Å². The normalized spacial score (nSPS) is 18.8. The number of nitrogens with one attached hydrogen (secondary N) is 1. The first-order chi connectivity index (χ1) is 9.94. The van der Waals surface area contributed by atoms with Gasteiger partial charge in [-0.1, -0.05) is 18.2 Å². The third-order valence-corrected chi connectivity index (χ3v) is 3.74. The molecule has 0 aliphatic heterocycles. The quantitative estimate of drug-likeness (QED) is 0.682. The molecule has 1 aromatic carbocycles. The van der Waals surface area contributed by atoms with Crippen LogP contribution in [0.25, 0.3) is 0 Å². The van der Waals surface area contributed by atoms with Crippen molar-refractivity contribution in [1.29, 1.82) is 0 Å². The number of aliphatic hydroxyl groups excluding tert-OH is 1. The van der Waals surface area contributed by atoms with E-state index in [1.807, 2.05) is 19.1 Å². The van der Waals surface area contributed by atoms with E-state index in [0.29, 0.717) is 23.8 Å². The molecule has 3 N–H and O–H groups in total. The average molecular weight is 293 g/mol. The average Bonchev–Trinajstić information content (AvgIpc) is 3.22. The summed E-state index contributed by atoms with van der Waals surface area (Å²) in [5.74, 6) is -0.257. The molecule has 0 bridgehead atoms. The van der Waals surface area contributed by atoms with Crippen LogP contribution in [0.2, 0.25) is 0 Å². The van der Waals surface area contributed by atoms with Crippen LogP contribution in [0, 0.1) is 0 Å². The first kappa shape index (κ1) is 15.8. The molecule has 0 spiro atoms. The van der Waals surface area contributed by atoms with Crippen LogP contribution in [0.4, 0.5) is 0 Å². The van der Waals surface area contributed by atoms with Crippen molar-refractivity contribution in [1.82, 2.24) is 5.32 Å². The Morgan fingerprint density at radius 2 is 2.14 bits per heavy atom. The Bertz CT molecular complexity index is 501. The number of carbonyl (C=O) groups is 1. The predicted octanol–water partition coefficient (Wildman–Crippen LogP) is 1.93. The van der Waals surface area contributed by atoms with Gasteiger partial charge in [0.15, 0.2) is 0 Å². The fourth-order valence-electron chi connectivity index (χ4n) is 2.47. The number of hydrogen-bond acceptors (Lipinski definition) is 4.